The van der Waals surface area contributed by atoms with E-state index in [-0.39, 0.29) is 12.3 Å². The molecule has 0 aromatic heterocycles. The van der Waals surface area contributed by atoms with Crippen LogP contribution in [0.4, 0.5) is 0 Å². The molecular formula is C21H40N6O6. The van der Waals surface area contributed by atoms with Crippen LogP contribution in [0.2, 0.25) is 0 Å². The number of hydrogen-bond donors (Lipinski definition) is 7. The van der Waals surface area contributed by atoms with Crippen LogP contribution in [0, 0.1) is 11.8 Å². The Labute approximate surface area is 194 Å². The summed E-state index contributed by atoms with van der Waals surface area (Å²) in [4.78, 5) is 60.6. The fourth-order valence-electron chi connectivity index (χ4n) is 2.99. The van der Waals surface area contributed by atoms with E-state index in [4.69, 9.17) is 17.2 Å². The molecule has 10 N–H and O–H groups in total. The molecule has 0 saturated carbocycles. The van der Waals surface area contributed by atoms with Crippen molar-refractivity contribution < 1.29 is 29.1 Å². The second-order valence-corrected chi connectivity index (χ2v) is 8.56. The number of rotatable bonds is 16. The smallest absolute Gasteiger partial charge is 0.326 e. The first kappa shape index (κ1) is 30.3. The summed E-state index contributed by atoms with van der Waals surface area (Å²) in [5, 5.41) is 16.7. The number of carboxylic acid groups (broad SMARTS) is 1. The van der Waals surface area contributed by atoms with Crippen LogP contribution >= 0.6 is 0 Å². The van der Waals surface area contributed by atoms with Crippen molar-refractivity contribution in [1.82, 2.24) is 16.0 Å². The lowest BCUT2D eigenvalue weighted by molar-refractivity contribution is -0.144. The quantitative estimate of drug-likeness (QED) is 0.131. The lowest BCUT2D eigenvalue weighted by atomic mass is 9.98. The first-order chi connectivity index (χ1) is 15.3. The van der Waals surface area contributed by atoms with Gasteiger partial charge in [-0.1, -0.05) is 34.1 Å². The molecule has 12 heteroatoms. The largest absolute Gasteiger partial charge is 0.480 e. The van der Waals surface area contributed by atoms with Gasteiger partial charge in [-0.3, -0.25) is 19.2 Å². The van der Waals surface area contributed by atoms with Crippen molar-refractivity contribution in [3.8, 4) is 0 Å². The van der Waals surface area contributed by atoms with Crippen molar-refractivity contribution in [3.05, 3.63) is 0 Å². The highest BCUT2D eigenvalue weighted by Crippen LogP contribution is 2.09. The predicted molar refractivity (Wildman–Crippen MR) is 122 cm³/mol. The van der Waals surface area contributed by atoms with Gasteiger partial charge in [0, 0.05) is 0 Å². The van der Waals surface area contributed by atoms with Crippen molar-refractivity contribution in [2.24, 2.45) is 29.0 Å². The Bertz CT molecular complexity index is 686. The molecule has 0 fully saturated rings. The Morgan fingerprint density at radius 1 is 0.879 bits per heavy atom. The van der Waals surface area contributed by atoms with E-state index in [0.29, 0.717) is 25.8 Å². The molecule has 0 aromatic carbocycles. The molecule has 0 spiro atoms. The third-order valence-electron chi connectivity index (χ3n) is 5.41. The molecule has 0 rings (SSSR count). The monoisotopic (exact) mass is 472 g/mol. The molecule has 0 aliphatic rings. The van der Waals surface area contributed by atoms with E-state index in [0.717, 1.165) is 0 Å². The highest BCUT2D eigenvalue weighted by atomic mass is 16.4. The first-order valence-electron chi connectivity index (χ1n) is 11.2. The summed E-state index contributed by atoms with van der Waals surface area (Å²) in [5.74, 6) is -4.70. The molecule has 0 radical (unpaired) electrons. The van der Waals surface area contributed by atoms with Gasteiger partial charge in [0.2, 0.25) is 23.6 Å². The van der Waals surface area contributed by atoms with Gasteiger partial charge in [-0.25, -0.2) is 4.79 Å². The highest BCUT2D eigenvalue weighted by molar-refractivity contribution is 5.95. The molecule has 4 amide bonds. The minimum atomic E-state index is -1.53. The summed E-state index contributed by atoms with van der Waals surface area (Å²) < 4.78 is 0. The summed E-state index contributed by atoms with van der Waals surface area (Å²) >= 11 is 0. The van der Waals surface area contributed by atoms with Gasteiger partial charge in [0.05, 0.1) is 12.5 Å². The van der Waals surface area contributed by atoms with Crippen molar-refractivity contribution in [2.75, 3.05) is 6.54 Å². The van der Waals surface area contributed by atoms with Crippen LogP contribution in [0.1, 0.15) is 59.8 Å². The van der Waals surface area contributed by atoms with E-state index in [9.17, 15) is 29.1 Å². The minimum absolute atomic E-state index is 0.0925. The Kier molecular flexibility index (Phi) is 13.9. The number of hydrogen-bond acceptors (Lipinski definition) is 7. The van der Waals surface area contributed by atoms with Crippen molar-refractivity contribution in [3.63, 3.8) is 0 Å². The standard InChI is InChI=1S/C21H40N6O6/c1-5-12(4)16(24)19(30)25-13(8-6-7-9-22)18(29)27-17(11(2)3)20(31)26-14(21(32)33)10-15(23)28/h11-14,16-17H,5-10,22,24H2,1-4H3,(H2,23,28)(H,25,30)(H,26,31)(H,27,29)(H,32,33). The van der Waals surface area contributed by atoms with E-state index in [2.05, 4.69) is 16.0 Å². The van der Waals surface area contributed by atoms with Crippen LogP contribution in [0.5, 0.6) is 0 Å². The zero-order chi connectivity index (χ0) is 25.7. The number of nitrogens with two attached hydrogens (primary N) is 3. The number of primary amides is 1. The van der Waals surface area contributed by atoms with Crippen LogP contribution < -0.4 is 33.2 Å². The van der Waals surface area contributed by atoms with Crippen molar-refractivity contribution in [1.29, 1.82) is 0 Å². The summed E-state index contributed by atoms with van der Waals surface area (Å²) in [6.07, 6.45) is 1.58. The molecule has 5 unspecified atom stereocenters. The fraction of sp³-hybridized carbons (Fsp3) is 0.762. The zero-order valence-corrected chi connectivity index (χ0v) is 19.9. The third-order valence-corrected chi connectivity index (χ3v) is 5.41. The summed E-state index contributed by atoms with van der Waals surface area (Å²) in [6.45, 7) is 7.47. The molecule has 12 nitrogen and oxygen atoms in total. The molecule has 33 heavy (non-hydrogen) atoms. The van der Waals surface area contributed by atoms with Gasteiger partial charge in [0.15, 0.2) is 0 Å². The number of nitrogens with one attached hydrogen (secondary N) is 3. The van der Waals surface area contributed by atoms with Gasteiger partial charge in [0.1, 0.15) is 18.1 Å². The van der Waals surface area contributed by atoms with Crippen LogP contribution in [0.3, 0.4) is 0 Å². The van der Waals surface area contributed by atoms with E-state index in [1.807, 2.05) is 13.8 Å². The number of carbonyl (C=O) groups is 5. The Balaban J connectivity index is 5.47. The minimum Gasteiger partial charge on any atom is -0.480 e. The number of aliphatic carboxylic acids is 1. The van der Waals surface area contributed by atoms with Gasteiger partial charge in [0.25, 0.3) is 0 Å². The van der Waals surface area contributed by atoms with E-state index in [1.54, 1.807) is 13.8 Å². The predicted octanol–water partition coefficient (Wildman–Crippen LogP) is -1.44. The SMILES string of the molecule is CCC(C)C(N)C(=O)NC(CCCCN)C(=O)NC(C(=O)NC(CC(N)=O)C(=O)O)C(C)C. The molecule has 0 aromatic rings. The lowest BCUT2D eigenvalue weighted by Gasteiger charge is -2.27. The molecule has 0 aliphatic heterocycles. The number of amides is 4. The summed E-state index contributed by atoms with van der Waals surface area (Å²) in [6, 6.07) is -4.38. The maximum absolute atomic E-state index is 13.0. The van der Waals surface area contributed by atoms with Gasteiger partial charge in [-0.15, -0.1) is 0 Å². The van der Waals surface area contributed by atoms with E-state index >= 15 is 0 Å². The first-order valence-corrected chi connectivity index (χ1v) is 11.2. The van der Waals surface area contributed by atoms with Crippen molar-refractivity contribution >= 4 is 29.6 Å². The molecular weight excluding hydrogens is 432 g/mol. The van der Waals surface area contributed by atoms with Crippen LogP contribution in [0.25, 0.3) is 0 Å². The number of unbranched alkanes of at least 4 members (excludes halogenated alkanes) is 1. The average molecular weight is 473 g/mol. The van der Waals surface area contributed by atoms with Gasteiger partial charge in [-0.2, -0.15) is 0 Å². The maximum atomic E-state index is 13.0. The van der Waals surface area contributed by atoms with E-state index < -0.39 is 66.1 Å². The third kappa shape index (κ3) is 11.1. The molecule has 0 aliphatic carbocycles. The number of carbonyl (C=O) groups excluding carboxylic acids is 4. The number of carboxylic acids is 1. The second kappa shape index (κ2) is 15.2. The van der Waals surface area contributed by atoms with Gasteiger partial charge >= 0.3 is 5.97 Å². The topological polar surface area (TPSA) is 220 Å². The maximum Gasteiger partial charge on any atom is 0.326 e. The van der Waals surface area contributed by atoms with Crippen LogP contribution in [0.15, 0.2) is 0 Å². The molecule has 190 valence electrons. The van der Waals surface area contributed by atoms with E-state index in [1.165, 1.54) is 0 Å². The molecule has 0 saturated heterocycles. The normalized spacial score (nSPS) is 15.6. The van der Waals surface area contributed by atoms with Crippen LogP contribution in [-0.4, -0.2) is 65.4 Å². The molecule has 5 atom stereocenters. The Hall–Kier alpha value is -2.73. The Morgan fingerprint density at radius 2 is 1.45 bits per heavy atom. The second-order valence-electron chi connectivity index (χ2n) is 8.56. The summed E-state index contributed by atoms with van der Waals surface area (Å²) in [5.41, 5.74) is 16.5. The van der Waals surface area contributed by atoms with Crippen molar-refractivity contribution in [2.45, 2.75) is 84.0 Å². The molecule has 0 bridgehead atoms. The van der Waals surface area contributed by atoms with Crippen LogP contribution in [-0.2, 0) is 24.0 Å². The zero-order valence-electron chi connectivity index (χ0n) is 19.9. The average Bonchev–Trinajstić information content (AvgIpc) is 2.74. The molecule has 0 heterocycles. The fourth-order valence-corrected chi connectivity index (χ4v) is 2.99. The Morgan fingerprint density at radius 3 is 1.91 bits per heavy atom. The lowest BCUT2D eigenvalue weighted by Crippen LogP contribution is -2.59. The van der Waals surface area contributed by atoms with Gasteiger partial charge in [-0.05, 0) is 37.6 Å². The highest BCUT2D eigenvalue weighted by Gasteiger charge is 2.32. The summed E-state index contributed by atoms with van der Waals surface area (Å²) in [7, 11) is 0. The van der Waals surface area contributed by atoms with Gasteiger partial charge < -0.3 is 38.3 Å².